The van der Waals surface area contributed by atoms with Crippen molar-refractivity contribution in [1.29, 1.82) is 0 Å². The molecule has 2 atom stereocenters. The second kappa shape index (κ2) is 9.60. The molecule has 0 aliphatic carbocycles. The summed E-state index contributed by atoms with van der Waals surface area (Å²) in [7, 11) is 0. The third-order valence-corrected chi connectivity index (χ3v) is 5.79. The lowest BCUT2D eigenvalue weighted by Gasteiger charge is -2.29. The Labute approximate surface area is 165 Å². The minimum atomic E-state index is -0.914. The topological polar surface area (TPSA) is 9.23 Å². The van der Waals surface area contributed by atoms with Gasteiger partial charge in [-0.05, 0) is 48.4 Å². The SMILES string of the molecule is CCCCCC1CCC(c2ccc(-c3ccc(CC)c(F)c3F)cc2F)CO1. The summed E-state index contributed by atoms with van der Waals surface area (Å²) >= 11 is 0. The van der Waals surface area contributed by atoms with E-state index in [1.165, 1.54) is 31.4 Å². The predicted molar refractivity (Wildman–Crippen MR) is 107 cm³/mol. The van der Waals surface area contributed by atoms with Crippen molar-refractivity contribution < 1.29 is 17.9 Å². The largest absolute Gasteiger partial charge is 0.378 e. The van der Waals surface area contributed by atoms with E-state index in [1.807, 2.05) is 0 Å². The number of ether oxygens (including phenoxy) is 1. The molecule has 4 heteroatoms. The molecule has 0 bridgehead atoms. The van der Waals surface area contributed by atoms with E-state index in [2.05, 4.69) is 6.92 Å². The van der Waals surface area contributed by atoms with Crippen LogP contribution in [0.5, 0.6) is 0 Å². The van der Waals surface area contributed by atoms with Crippen LogP contribution in [0.3, 0.4) is 0 Å². The van der Waals surface area contributed by atoms with Crippen LogP contribution < -0.4 is 0 Å². The van der Waals surface area contributed by atoms with Gasteiger partial charge in [0.1, 0.15) is 5.82 Å². The lowest BCUT2D eigenvalue weighted by atomic mass is 9.88. The zero-order valence-corrected chi connectivity index (χ0v) is 16.7. The molecule has 2 aromatic rings. The number of halogens is 3. The molecule has 152 valence electrons. The van der Waals surface area contributed by atoms with Gasteiger partial charge in [-0.2, -0.15) is 0 Å². The maximum atomic E-state index is 14.8. The van der Waals surface area contributed by atoms with Crippen LogP contribution in [0, 0.1) is 17.5 Å². The highest BCUT2D eigenvalue weighted by atomic mass is 19.2. The monoisotopic (exact) mass is 390 g/mol. The lowest BCUT2D eigenvalue weighted by Crippen LogP contribution is -2.25. The molecule has 0 aromatic heterocycles. The average Bonchev–Trinajstić information content (AvgIpc) is 2.71. The van der Waals surface area contributed by atoms with E-state index in [0.717, 1.165) is 19.3 Å². The van der Waals surface area contributed by atoms with E-state index >= 15 is 0 Å². The number of unbranched alkanes of at least 4 members (excludes halogenated alkanes) is 2. The Morgan fingerprint density at radius 3 is 2.43 bits per heavy atom. The van der Waals surface area contributed by atoms with E-state index in [9.17, 15) is 13.2 Å². The Bertz CT molecular complexity index is 795. The second-order valence-corrected chi connectivity index (χ2v) is 7.72. The van der Waals surface area contributed by atoms with Crippen molar-refractivity contribution in [3.63, 3.8) is 0 Å². The van der Waals surface area contributed by atoms with Gasteiger partial charge in [0.15, 0.2) is 11.6 Å². The third kappa shape index (κ3) is 4.60. The van der Waals surface area contributed by atoms with E-state index in [4.69, 9.17) is 4.74 Å². The van der Waals surface area contributed by atoms with Crippen molar-refractivity contribution in [2.75, 3.05) is 6.61 Å². The van der Waals surface area contributed by atoms with Crippen LogP contribution in [0.25, 0.3) is 11.1 Å². The Balaban J connectivity index is 1.71. The van der Waals surface area contributed by atoms with Crippen molar-refractivity contribution >= 4 is 0 Å². The molecule has 28 heavy (non-hydrogen) atoms. The van der Waals surface area contributed by atoms with Crippen molar-refractivity contribution in [2.45, 2.75) is 70.8 Å². The summed E-state index contributed by atoms with van der Waals surface area (Å²) < 4.78 is 49.2. The normalized spacial score (nSPS) is 19.8. The molecule has 1 heterocycles. The molecule has 2 unspecified atom stereocenters. The molecular formula is C24H29F3O. The van der Waals surface area contributed by atoms with Gasteiger partial charge in [0.2, 0.25) is 0 Å². The van der Waals surface area contributed by atoms with Crippen LogP contribution in [-0.4, -0.2) is 12.7 Å². The van der Waals surface area contributed by atoms with Crippen LogP contribution >= 0.6 is 0 Å². The quantitative estimate of drug-likeness (QED) is 0.455. The van der Waals surface area contributed by atoms with Crippen LogP contribution in [0.15, 0.2) is 30.3 Å². The molecule has 3 rings (SSSR count). The van der Waals surface area contributed by atoms with Crippen molar-refractivity contribution in [3.05, 3.63) is 58.9 Å². The molecule has 1 fully saturated rings. The molecule has 1 aliphatic heterocycles. The Kier molecular flexibility index (Phi) is 7.17. The Morgan fingerprint density at radius 2 is 1.79 bits per heavy atom. The minimum absolute atomic E-state index is 0.0144. The van der Waals surface area contributed by atoms with E-state index in [0.29, 0.717) is 29.7 Å². The number of aryl methyl sites for hydroxylation is 1. The first-order valence-corrected chi connectivity index (χ1v) is 10.4. The zero-order chi connectivity index (χ0) is 20.1. The van der Waals surface area contributed by atoms with Crippen molar-refractivity contribution in [3.8, 4) is 11.1 Å². The van der Waals surface area contributed by atoms with Crippen LogP contribution in [0.1, 0.15) is 69.4 Å². The first kappa shape index (κ1) is 20.9. The fourth-order valence-electron chi connectivity index (χ4n) is 4.01. The zero-order valence-electron chi connectivity index (χ0n) is 16.7. The fraction of sp³-hybridized carbons (Fsp3) is 0.500. The molecule has 1 nitrogen and oxygen atoms in total. The molecule has 0 spiro atoms. The summed E-state index contributed by atoms with van der Waals surface area (Å²) in [5.41, 5.74) is 1.37. The Hall–Kier alpha value is -1.81. The molecule has 0 saturated carbocycles. The van der Waals surface area contributed by atoms with Gasteiger partial charge in [-0.3, -0.25) is 0 Å². The highest BCUT2D eigenvalue weighted by Crippen LogP contribution is 2.34. The van der Waals surface area contributed by atoms with Crippen molar-refractivity contribution in [1.82, 2.24) is 0 Å². The van der Waals surface area contributed by atoms with Gasteiger partial charge in [0, 0.05) is 11.5 Å². The molecule has 0 radical (unpaired) electrons. The standard InChI is InChI=1S/C24H29F3O/c1-3-5-6-7-19-11-8-18(15-28-19)20-12-10-17(14-22(20)25)21-13-9-16(4-2)23(26)24(21)27/h9-10,12-14,18-19H,3-8,11,15H2,1-2H3. The Morgan fingerprint density at radius 1 is 0.964 bits per heavy atom. The first-order chi connectivity index (χ1) is 13.5. The molecule has 0 N–H and O–H groups in total. The maximum absolute atomic E-state index is 14.8. The number of rotatable bonds is 7. The summed E-state index contributed by atoms with van der Waals surface area (Å²) in [5.74, 6) is -2.13. The van der Waals surface area contributed by atoms with Gasteiger partial charge in [-0.15, -0.1) is 0 Å². The molecule has 1 aliphatic rings. The third-order valence-electron chi connectivity index (χ3n) is 5.79. The number of hydrogen-bond donors (Lipinski definition) is 0. The highest BCUT2D eigenvalue weighted by Gasteiger charge is 2.25. The number of benzene rings is 2. The highest BCUT2D eigenvalue weighted by molar-refractivity contribution is 5.65. The summed E-state index contributed by atoms with van der Waals surface area (Å²) in [5, 5.41) is 0. The lowest BCUT2D eigenvalue weighted by molar-refractivity contribution is -0.00267. The van der Waals surface area contributed by atoms with Gasteiger partial charge in [-0.25, -0.2) is 13.2 Å². The van der Waals surface area contributed by atoms with Gasteiger partial charge >= 0.3 is 0 Å². The summed E-state index contributed by atoms with van der Waals surface area (Å²) in [4.78, 5) is 0. The van der Waals surface area contributed by atoms with Crippen LogP contribution in [0.4, 0.5) is 13.2 Å². The summed E-state index contributed by atoms with van der Waals surface area (Å²) in [6.45, 7) is 4.47. The fourth-order valence-corrected chi connectivity index (χ4v) is 4.01. The second-order valence-electron chi connectivity index (χ2n) is 7.72. The van der Waals surface area contributed by atoms with E-state index in [-0.39, 0.29) is 23.4 Å². The van der Waals surface area contributed by atoms with E-state index in [1.54, 1.807) is 25.1 Å². The molecular weight excluding hydrogens is 361 g/mol. The van der Waals surface area contributed by atoms with E-state index < -0.39 is 11.6 Å². The van der Waals surface area contributed by atoms with Gasteiger partial charge in [0.25, 0.3) is 0 Å². The summed E-state index contributed by atoms with van der Waals surface area (Å²) in [6.07, 6.45) is 7.18. The number of hydrogen-bond acceptors (Lipinski definition) is 1. The van der Waals surface area contributed by atoms with Gasteiger partial charge < -0.3 is 4.74 Å². The minimum Gasteiger partial charge on any atom is -0.378 e. The molecule has 1 saturated heterocycles. The van der Waals surface area contributed by atoms with Gasteiger partial charge in [-0.1, -0.05) is 57.4 Å². The van der Waals surface area contributed by atoms with Gasteiger partial charge in [0.05, 0.1) is 12.7 Å². The van der Waals surface area contributed by atoms with Crippen molar-refractivity contribution in [2.24, 2.45) is 0 Å². The summed E-state index contributed by atoms with van der Waals surface area (Å²) in [6, 6.07) is 7.77. The van der Waals surface area contributed by atoms with Crippen LogP contribution in [0.2, 0.25) is 0 Å². The molecule has 0 amide bonds. The smallest absolute Gasteiger partial charge is 0.166 e. The first-order valence-electron chi connectivity index (χ1n) is 10.4. The van der Waals surface area contributed by atoms with Crippen LogP contribution in [-0.2, 0) is 11.2 Å². The average molecular weight is 390 g/mol. The molecule has 2 aromatic carbocycles. The maximum Gasteiger partial charge on any atom is 0.166 e. The predicted octanol–water partition coefficient (Wildman–Crippen LogP) is 7.18.